The number of fused-ring (bicyclic) bond motifs is 1. The molecule has 19 heavy (non-hydrogen) atoms. The average molecular weight is 294 g/mol. The lowest BCUT2D eigenvalue weighted by atomic mass is 9.85. The molecular weight excluding hydrogens is 283 g/mol. The lowest BCUT2D eigenvalue weighted by Crippen LogP contribution is -2.53. The maximum absolute atomic E-state index is 13.6. The fraction of sp³-hybridized carbons (Fsp3) is 0.500. The van der Waals surface area contributed by atoms with Crippen molar-refractivity contribution in [2.45, 2.75) is 31.0 Å². The Bertz CT molecular complexity index is 518. The number of hydrogen-bond donors (Lipinski definition) is 2. The van der Waals surface area contributed by atoms with Gasteiger partial charge in [0.2, 0.25) is 6.41 Å². The second kappa shape index (κ2) is 4.01. The van der Waals surface area contributed by atoms with Gasteiger partial charge in [0.15, 0.2) is 5.60 Å². The van der Waals surface area contributed by atoms with Crippen LogP contribution in [0, 0.1) is 5.92 Å². The molecule has 0 amide bonds. The van der Waals surface area contributed by atoms with Crippen LogP contribution in [-0.2, 0) is 10.3 Å². The Kier molecular flexibility index (Phi) is 2.75. The molecule has 0 spiro atoms. The van der Waals surface area contributed by atoms with Crippen molar-refractivity contribution in [3.05, 3.63) is 28.8 Å². The van der Waals surface area contributed by atoms with E-state index in [1.165, 1.54) is 18.2 Å². The summed E-state index contributed by atoms with van der Waals surface area (Å²) in [6.07, 6.45) is -5.47. The Hall–Kier alpha value is -0.980. The van der Waals surface area contributed by atoms with E-state index >= 15 is 0 Å². The quantitative estimate of drug-likeness (QED) is 0.835. The van der Waals surface area contributed by atoms with E-state index in [4.69, 9.17) is 16.3 Å². The molecule has 7 heteroatoms. The SMILES string of the molecule is OC1Nc2ccc(Cl)cc2[C@@](C2CC2)(C(F)(F)F)O1. The maximum Gasteiger partial charge on any atom is 0.422 e. The van der Waals surface area contributed by atoms with Gasteiger partial charge in [-0.25, -0.2) is 0 Å². The monoisotopic (exact) mass is 293 g/mol. The topological polar surface area (TPSA) is 41.5 Å². The van der Waals surface area contributed by atoms with Gasteiger partial charge in [0.05, 0.1) is 0 Å². The predicted molar refractivity (Wildman–Crippen MR) is 62.6 cm³/mol. The minimum Gasteiger partial charge on any atom is -0.351 e. The van der Waals surface area contributed by atoms with Gasteiger partial charge in [0.25, 0.3) is 0 Å². The molecule has 1 aliphatic heterocycles. The fourth-order valence-corrected chi connectivity index (χ4v) is 2.78. The van der Waals surface area contributed by atoms with Crippen LogP contribution < -0.4 is 5.32 Å². The largest absolute Gasteiger partial charge is 0.422 e. The highest BCUT2D eigenvalue weighted by atomic mass is 35.5. The zero-order valence-corrected chi connectivity index (χ0v) is 10.4. The molecule has 1 unspecified atom stereocenters. The third kappa shape index (κ3) is 1.89. The van der Waals surface area contributed by atoms with E-state index in [0.29, 0.717) is 12.8 Å². The third-order valence-corrected chi connectivity index (χ3v) is 3.77. The van der Waals surface area contributed by atoms with Crippen LogP contribution in [0.5, 0.6) is 0 Å². The molecule has 1 saturated carbocycles. The van der Waals surface area contributed by atoms with Gasteiger partial charge in [-0.15, -0.1) is 0 Å². The Morgan fingerprint density at radius 1 is 1.37 bits per heavy atom. The molecule has 0 aromatic heterocycles. The van der Waals surface area contributed by atoms with E-state index in [2.05, 4.69) is 5.32 Å². The van der Waals surface area contributed by atoms with Crippen molar-refractivity contribution >= 4 is 17.3 Å². The second-order valence-electron chi connectivity index (χ2n) is 4.81. The van der Waals surface area contributed by atoms with Gasteiger partial charge in [0.1, 0.15) is 0 Å². The maximum atomic E-state index is 13.6. The van der Waals surface area contributed by atoms with Crippen molar-refractivity contribution in [2.75, 3.05) is 5.32 Å². The zero-order valence-electron chi connectivity index (χ0n) is 9.67. The first-order valence-corrected chi connectivity index (χ1v) is 6.21. The van der Waals surface area contributed by atoms with Crippen molar-refractivity contribution in [3.8, 4) is 0 Å². The van der Waals surface area contributed by atoms with E-state index in [1.807, 2.05) is 0 Å². The van der Waals surface area contributed by atoms with Crippen molar-refractivity contribution < 1.29 is 23.0 Å². The highest BCUT2D eigenvalue weighted by Gasteiger charge is 2.67. The molecule has 1 heterocycles. The summed E-state index contributed by atoms with van der Waals surface area (Å²) >= 11 is 5.80. The normalized spacial score (nSPS) is 30.7. The van der Waals surface area contributed by atoms with Gasteiger partial charge in [-0.3, -0.25) is 0 Å². The highest BCUT2D eigenvalue weighted by Crippen LogP contribution is 2.59. The van der Waals surface area contributed by atoms with Crippen LogP contribution >= 0.6 is 11.6 Å². The highest BCUT2D eigenvalue weighted by molar-refractivity contribution is 6.30. The van der Waals surface area contributed by atoms with Crippen LogP contribution in [-0.4, -0.2) is 17.7 Å². The van der Waals surface area contributed by atoms with Crippen molar-refractivity contribution in [2.24, 2.45) is 5.92 Å². The molecule has 2 aliphatic rings. The number of benzene rings is 1. The number of aliphatic hydroxyl groups excluding tert-OH is 1. The Labute approximate surface area is 112 Å². The number of halogens is 4. The standard InChI is InChI=1S/C12H11ClF3NO2/c13-7-3-4-9-8(5-7)11(6-1-2-6,12(14,15)16)19-10(18)17-9/h3-6,10,17-18H,1-2H2/t10?,11-/m0/s1. The number of hydrogen-bond acceptors (Lipinski definition) is 3. The number of rotatable bonds is 1. The molecule has 2 atom stereocenters. The van der Waals surface area contributed by atoms with Crippen LogP contribution in [0.25, 0.3) is 0 Å². The van der Waals surface area contributed by atoms with Gasteiger partial charge in [0, 0.05) is 22.2 Å². The summed E-state index contributed by atoms with van der Waals surface area (Å²) in [6, 6.07) is 4.15. The molecule has 0 radical (unpaired) electrons. The van der Waals surface area contributed by atoms with Crippen LogP contribution in [0.3, 0.4) is 0 Å². The number of nitrogens with one attached hydrogen (secondary N) is 1. The van der Waals surface area contributed by atoms with Crippen LogP contribution in [0.2, 0.25) is 5.02 Å². The van der Waals surface area contributed by atoms with Gasteiger partial charge >= 0.3 is 6.18 Å². The number of aliphatic hydroxyl groups is 1. The first-order chi connectivity index (χ1) is 8.84. The molecule has 3 nitrogen and oxygen atoms in total. The zero-order chi connectivity index (χ0) is 13.8. The smallest absolute Gasteiger partial charge is 0.351 e. The molecule has 0 saturated heterocycles. The van der Waals surface area contributed by atoms with E-state index in [9.17, 15) is 18.3 Å². The Balaban J connectivity index is 2.22. The molecule has 1 aromatic rings. The van der Waals surface area contributed by atoms with Gasteiger partial charge in [-0.05, 0) is 31.0 Å². The van der Waals surface area contributed by atoms with Gasteiger partial charge < -0.3 is 15.2 Å². The lowest BCUT2D eigenvalue weighted by Gasteiger charge is -2.43. The van der Waals surface area contributed by atoms with Crippen LogP contribution in [0.1, 0.15) is 18.4 Å². The van der Waals surface area contributed by atoms with Gasteiger partial charge in [-0.1, -0.05) is 11.6 Å². The summed E-state index contributed by atoms with van der Waals surface area (Å²) in [5, 5.41) is 12.2. The van der Waals surface area contributed by atoms with Crippen molar-refractivity contribution in [1.82, 2.24) is 0 Å². The van der Waals surface area contributed by atoms with Crippen molar-refractivity contribution in [3.63, 3.8) is 0 Å². The molecule has 0 bridgehead atoms. The minimum absolute atomic E-state index is 0.0553. The van der Waals surface area contributed by atoms with Gasteiger partial charge in [-0.2, -0.15) is 13.2 Å². The molecule has 2 N–H and O–H groups in total. The van der Waals surface area contributed by atoms with E-state index in [0.717, 1.165) is 0 Å². The third-order valence-electron chi connectivity index (χ3n) is 3.53. The molecule has 1 aromatic carbocycles. The first kappa shape index (κ1) is 13.0. The molecule has 1 fully saturated rings. The van der Waals surface area contributed by atoms with Crippen molar-refractivity contribution in [1.29, 1.82) is 0 Å². The second-order valence-corrected chi connectivity index (χ2v) is 5.25. The summed E-state index contributed by atoms with van der Waals surface area (Å²) < 4.78 is 45.6. The number of alkyl halides is 3. The Morgan fingerprint density at radius 3 is 2.63 bits per heavy atom. The average Bonchev–Trinajstić information content (AvgIpc) is 3.11. The molecule has 104 valence electrons. The number of anilines is 1. The lowest BCUT2D eigenvalue weighted by molar-refractivity contribution is -0.331. The summed E-state index contributed by atoms with van der Waals surface area (Å²) in [7, 11) is 0. The number of ether oxygens (including phenoxy) is 1. The first-order valence-electron chi connectivity index (χ1n) is 5.84. The van der Waals surface area contributed by atoms with Crippen LogP contribution in [0.4, 0.5) is 18.9 Å². The Morgan fingerprint density at radius 2 is 2.05 bits per heavy atom. The van der Waals surface area contributed by atoms with E-state index < -0.39 is 24.1 Å². The molecule has 3 rings (SSSR count). The molecule has 1 aliphatic carbocycles. The summed E-state index contributed by atoms with van der Waals surface area (Å²) in [5.74, 6) is -0.679. The minimum atomic E-state index is -4.61. The van der Waals surface area contributed by atoms with Crippen LogP contribution in [0.15, 0.2) is 18.2 Å². The van der Waals surface area contributed by atoms with E-state index in [1.54, 1.807) is 0 Å². The summed E-state index contributed by atoms with van der Waals surface area (Å²) in [5.41, 5.74) is -2.33. The summed E-state index contributed by atoms with van der Waals surface area (Å²) in [6.45, 7) is 0. The van der Waals surface area contributed by atoms with E-state index in [-0.39, 0.29) is 16.3 Å². The fourth-order valence-electron chi connectivity index (χ4n) is 2.61. The summed E-state index contributed by atoms with van der Waals surface area (Å²) in [4.78, 5) is 0. The molecular formula is C12H11ClF3NO2. The predicted octanol–water partition coefficient (Wildman–Crippen LogP) is 3.23.